The van der Waals surface area contributed by atoms with Crippen LogP contribution in [-0.4, -0.2) is 44.9 Å². The third-order valence-electron chi connectivity index (χ3n) is 3.87. The Hall–Kier alpha value is -2.36. The van der Waals surface area contributed by atoms with E-state index in [1.54, 1.807) is 0 Å². The molecule has 6 nitrogen and oxygen atoms in total. The summed E-state index contributed by atoms with van der Waals surface area (Å²) in [4.78, 5) is 12.2. The number of carbonyl (C=O) groups excluding carboxylic acids is 1. The number of benzene rings is 2. The molecule has 0 saturated carbocycles. The van der Waals surface area contributed by atoms with Gasteiger partial charge in [0.1, 0.15) is 11.6 Å². The predicted octanol–water partition coefficient (Wildman–Crippen LogP) is 2.24. The molecule has 1 aliphatic rings. The van der Waals surface area contributed by atoms with Crippen molar-refractivity contribution >= 4 is 21.6 Å². The molecule has 1 N–H and O–H groups in total. The molecule has 2 aromatic carbocycles. The third-order valence-corrected chi connectivity index (χ3v) is 5.77. The molecule has 1 fully saturated rings. The highest BCUT2D eigenvalue weighted by molar-refractivity contribution is 7.89. The fourth-order valence-corrected chi connectivity index (χ4v) is 3.99. The molecule has 26 heavy (non-hydrogen) atoms. The zero-order valence-corrected chi connectivity index (χ0v) is 14.4. The summed E-state index contributed by atoms with van der Waals surface area (Å²) in [7, 11) is -3.73. The summed E-state index contributed by atoms with van der Waals surface area (Å²) in [5.74, 6) is -2.50. The largest absolute Gasteiger partial charge is 0.379 e. The second-order valence-corrected chi connectivity index (χ2v) is 7.56. The lowest BCUT2D eigenvalue weighted by Gasteiger charge is -2.26. The van der Waals surface area contributed by atoms with Crippen LogP contribution >= 0.6 is 0 Å². The highest BCUT2D eigenvalue weighted by atomic mass is 32.2. The van der Waals surface area contributed by atoms with Crippen LogP contribution < -0.4 is 5.32 Å². The van der Waals surface area contributed by atoms with Gasteiger partial charge in [-0.3, -0.25) is 4.79 Å². The highest BCUT2D eigenvalue weighted by Crippen LogP contribution is 2.21. The van der Waals surface area contributed by atoms with Crippen LogP contribution in [0.15, 0.2) is 47.4 Å². The van der Waals surface area contributed by atoms with Gasteiger partial charge in [0.2, 0.25) is 10.0 Å². The van der Waals surface area contributed by atoms with Crippen LogP contribution in [0.5, 0.6) is 0 Å². The summed E-state index contributed by atoms with van der Waals surface area (Å²) in [6.45, 7) is 1.11. The molecule has 9 heteroatoms. The minimum atomic E-state index is -3.73. The van der Waals surface area contributed by atoms with Crippen molar-refractivity contribution in [2.75, 3.05) is 31.6 Å². The Balaban J connectivity index is 1.83. The summed E-state index contributed by atoms with van der Waals surface area (Å²) in [5, 5.41) is 2.39. The quantitative estimate of drug-likeness (QED) is 0.880. The first-order valence-corrected chi connectivity index (χ1v) is 9.26. The average Bonchev–Trinajstić information content (AvgIpc) is 2.64. The number of carbonyl (C=O) groups is 1. The van der Waals surface area contributed by atoms with E-state index in [1.165, 1.54) is 28.6 Å². The van der Waals surface area contributed by atoms with Gasteiger partial charge in [-0.25, -0.2) is 17.2 Å². The van der Waals surface area contributed by atoms with E-state index in [4.69, 9.17) is 4.74 Å². The van der Waals surface area contributed by atoms with E-state index in [9.17, 15) is 22.0 Å². The standard InChI is InChI=1S/C17H16F2N2O4S/c18-12-4-5-16(19)15(10-12)17(22)20-13-2-1-3-14(11-13)26(23,24)21-6-8-25-9-7-21/h1-5,10-11H,6-9H2,(H,20,22). The molecule has 0 aliphatic carbocycles. The Morgan fingerprint density at radius 3 is 2.54 bits per heavy atom. The average molecular weight is 382 g/mol. The van der Waals surface area contributed by atoms with Gasteiger partial charge in [0.05, 0.1) is 23.7 Å². The van der Waals surface area contributed by atoms with Crippen LogP contribution in [0.3, 0.4) is 0 Å². The highest BCUT2D eigenvalue weighted by Gasteiger charge is 2.26. The van der Waals surface area contributed by atoms with Crippen molar-refractivity contribution in [3.05, 3.63) is 59.7 Å². The fraction of sp³-hybridized carbons (Fsp3) is 0.235. The van der Waals surface area contributed by atoms with Crippen molar-refractivity contribution < 1.29 is 26.7 Å². The van der Waals surface area contributed by atoms with E-state index in [-0.39, 0.29) is 23.7 Å². The first-order valence-electron chi connectivity index (χ1n) is 7.82. The number of nitrogens with one attached hydrogen (secondary N) is 1. The summed E-state index contributed by atoms with van der Waals surface area (Å²) in [6.07, 6.45) is 0. The van der Waals surface area contributed by atoms with E-state index in [0.717, 1.165) is 18.2 Å². The minimum absolute atomic E-state index is 0.00286. The van der Waals surface area contributed by atoms with Crippen molar-refractivity contribution in [1.29, 1.82) is 0 Å². The predicted molar refractivity (Wildman–Crippen MR) is 90.3 cm³/mol. The molecule has 1 heterocycles. The smallest absolute Gasteiger partial charge is 0.258 e. The van der Waals surface area contributed by atoms with Gasteiger partial charge in [0.25, 0.3) is 5.91 Å². The first-order chi connectivity index (χ1) is 12.4. The van der Waals surface area contributed by atoms with Gasteiger partial charge >= 0.3 is 0 Å². The zero-order valence-electron chi connectivity index (χ0n) is 13.6. The van der Waals surface area contributed by atoms with Crippen LogP contribution in [0.25, 0.3) is 0 Å². The maximum absolute atomic E-state index is 13.7. The molecule has 0 atom stereocenters. The molecule has 1 aliphatic heterocycles. The number of hydrogen-bond acceptors (Lipinski definition) is 4. The third kappa shape index (κ3) is 3.90. The molecule has 0 radical (unpaired) electrons. The number of ether oxygens (including phenoxy) is 1. The number of morpholine rings is 1. The molecular formula is C17H16F2N2O4S. The van der Waals surface area contributed by atoms with E-state index in [1.807, 2.05) is 0 Å². The molecule has 0 aromatic heterocycles. The number of anilines is 1. The van der Waals surface area contributed by atoms with Crippen LogP contribution in [-0.2, 0) is 14.8 Å². The lowest BCUT2D eigenvalue weighted by atomic mass is 10.2. The van der Waals surface area contributed by atoms with E-state index >= 15 is 0 Å². The minimum Gasteiger partial charge on any atom is -0.379 e. The normalized spacial score (nSPS) is 15.6. The van der Waals surface area contributed by atoms with Crippen LogP contribution in [0.2, 0.25) is 0 Å². The Morgan fingerprint density at radius 2 is 1.81 bits per heavy atom. The monoisotopic (exact) mass is 382 g/mol. The van der Waals surface area contributed by atoms with Crippen molar-refractivity contribution in [1.82, 2.24) is 4.31 Å². The maximum atomic E-state index is 13.7. The molecule has 0 unspecified atom stereocenters. The van der Waals surface area contributed by atoms with Crippen LogP contribution in [0.1, 0.15) is 10.4 Å². The Kier molecular flexibility index (Phi) is 5.30. The van der Waals surface area contributed by atoms with Gasteiger partial charge in [0.15, 0.2) is 0 Å². The Morgan fingerprint density at radius 1 is 1.08 bits per heavy atom. The molecule has 0 bridgehead atoms. The van der Waals surface area contributed by atoms with Gasteiger partial charge in [-0.15, -0.1) is 0 Å². The SMILES string of the molecule is O=C(Nc1cccc(S(=O)(=O)N2CCOCC2)c1)c1cc(F)ccc1F. The molecule has 0 spiro atoms. The molecule has 138 valence electrons. The van der Waals surface area contributed by atoms with Crippen molar-refractivity contribution in [3.8, 4) is 0 Å². The molecule has 3 rings (SSSR count). The van der Waals surface area contributed by atoms with Crippen LogP contribution in [0.4, 0.5) is 14.5 Å². The van der Waals surface area contributed by atoms with E-state index < -0.39 is 33.1 Å². The number of sulfonamides is 1. The van der Waals surface area contributed by atoms with Gasteiger partial charge in [-0.1, -0.05) is 6.07 Å². The van der Waals surface area contributed by atoms with Crippen molar-refractivity contribution in [2.24, 2.45) is 0 Å². The van der Waals surface area contributed by atoms with Crippen LogP contribution in [0, 0.1) is 11.6 Å². The summed E-state index contributed by atoms with van der Waals surface area (Å²) in [6, 6.07) is 8.14. The number of halogens is 2. The first kappa shape index (κ1) is 18.4. The van der Waals surface area contributed by atoms with Crippen molar-refractivity contribution in [2.45, 2.75) is 4.90 Å². The van der Waals surface area contributed by atoms with E-state index in [2.05, 4.69) is 5.32 Å². The second kappa shape index (κ2) is 7.48. The number of amides is 1. The fourth-order valence-electron chi connectivity index (χ4n) is 2.54. The van der Waals surface area contributed by atoms with Gasteiger partial charge in [0, 0.05) is 18.8 Å². The molecule has 1 amide bonds. The number of rotatable bonds is 4. The Bertz CT molecular complexity index is 928. The molecule has 2 aromatic rings. The van der Waals surface area contributed by atoms with Gasteiger partial charge in [-0.2, -0.15) is 4.31 Å². The Labute approximate surface area is 149 Å². The molecule has 1 saturated heterocycles. The summed E-state index contributed by atoms with van der Waals surface area (Å²) >= 11 is 0. The topological polar surface area (TPSA) is 75.7 Å². The lowest BCUT2D eigenvalue weighted by Crippen LogP contribution is -2.40. The summed E-state index contributed by atoms with van der Waals surface area (Å²) < 4.78 is 58.7. The van der Waals surface area contributed by atoms with Gasteiger partial charge < -0.3 is 10.1 Å². The maximum Gasteiger partial charge on any atom is 0.258 e. The lowest BCUT2D eigenvalue weighted by molar-refractivity contribution is 0.0730. The molecular weight excluding hydrogens is 366 g/mol. The second-order valence-electron chi connectivity index (χ2n) is 5.62. The van der Waals surface area contributed by atoms with E-state index in [0.29, 0.717) is 13.2 Å². The van der Waals surface area contributed by atoms with Gasteiger partial charge in [-0.05, 0) is 36.4 Å². The summed E-state index contributed by atoms with van der Waals surface area (Å²) in [5.41, 5.74) is -0.306. The number of hydrogen-bond donors (Lipinski definition) is 1. The van der Waals surface area contributed by atoms with Crippen molar-refractivity contribution in [3.63, 3.8) is 0 Å². The zero-order chi connectivity index (χ0) is 18.7. The number of nitrogens with zero attached hydrogens (tertiary/aromatic N) is 1.